The smallest absolute Gasteiger partial charge is 0.264 e. The molecule has 0 unspecified atom stereocenters. The van der Waals surface area contributed by atoms with Crippen molar-refractivity contribution in [2.24, 2.45) is 0 Å². The first-order chi connectivity index (χ1) is 19.1. The van der Waals surface area contributed by atoms with Gasteiger partial charge in [0.25, 0.3) is 17.7 Å². The molecule has 1 aliphatic heterocycles. The van der Waals surface area contributed by atoms with Crippen LogP contribution in [0.2, 0.25) is 0 Å². The van der Waals surface area contributed by atoms with E-state index in [1.165, 1.54) is 37.4 Å². The predicted molar refractivity (Wildman–Crippen MR) is 146 cm³/mol. The van der Waals surface area contributed by atoms with Crippen molar-refractivity contribution in [3.8, 4) is 11.6 Å². The van der Waals surface area contributed by atoms with Gasteiger partial charge in [0.1, 0.15) is 16.4 Å². The summed E-state index contributed by atoms with van der Waals surface area (Å²) >= 11 is 0. The van der Waals surface area contributed by atoms with Crippen LogP contribution in [0.3, 0.4) is 0 Å². The fourth-order valence-corrected chi connectivity index (χ4v) is 5.21. The number of hydrogen-bond acceptors (Lipinski definition) is 9. The molecule has 11 nitrogen and oxygen atoms in total. The zero-order valence-corrected chi connectivity index (χ0v) is 23.1. The second-order valence-corrected chi connectivity index (χ2v) is 11.2. The first kappa shape index (κ1) is 28.7. The van der Waals surface area contributed by atoms with E-state index in [0.717, 1.165) is 16.7 Å². The fourth-order valence-electron chi connectivity index (χ4n) is 4.31. The highest BCUT2D eigenvalue weighted by Gasteiger charge is 2.44. The Morgan fingerprint density at radius 3 is 2.45 bits per heavy atom. The summed E-state index contributed by atoms with van der Waals surface area (Å²) in [5, 5.41) is 2.63. The van der Waals surface area contributed by atoms with Crippen molar-refractivity contribution in [1.82, 2.24) is 9.88 Å². The van der Waals surface area contributed by atoms with Crippen molar-refractivity contribution < 1.29 is 37.0 Å². The average Bonchev–Trinajstić information content (AvgIpc) is 3.18. The Morgan fingerprint density at radius 2 is 1.77 bits per heavy atom. The lowest BCUT2D eigenvalue weighted by Crippen LogP contribution is -2.38. The van der Waals surface area contributed by atoms with E-state index < -0.39 is 39.4 Å². The fraction of sp³-hybridized carbons (Fsp3) is 0.286. The minimum atomic E-state index is -3.69. The molecule has 1 atom stereocenters. The van der Waals surface area contributed by atoms with Gasteiger partial charge in [-0.05, 0) is 36.8 Å². The van der Waals surface area contributed by atoms with Gasteiger partial charge < -0.3 is 19.5 Å². The summed E-state index contributed by atoms with van der Waals surface area (Å²) < 4.78 is 41.0. The Labute approximate surface area is 232 Å². The average molecular weight is 568 g/mol. The minimum Gasteiger partial charge on any atom is -0.491 e. The molecule has 1 aliphatic rings. The molecule has 0 saturated carbocycles. The number of methoxy groups -OCH3 is 1. The van der Waals surface area contributed by atoms with Crippen LogP contribution < -0.4 is 14.8 Å². The van der Waals surface area contributed by atoms with Crippen LogP contribution in [0, 0.1) is 0 Å². The Balaban J connectivity index is 1.61. The van der Waals surface area contributed by atoms with Crippen molar-refractivity contribution in [3.05, 3.63) is 83.0 Å². The molecular weight excluding hydrogens is 538 g/mol. The molecule has 0 fully saturated rings. The summed E-state index contributed by atoms with van der Waals surface area (Å²) in [7, 11) is -2.26. The number of imide groups is 1. The Morgan fingerprint density at radius 1 is 1.02 bits per heavy atom. The molecule has 0 aliphatic carbocycles. The highest BCUT2D eigenvalue weighted by atomic mass is 32.2. The number of carbonyl (C=O) groups is 3. The van der Waals surface area contributed by atoms with Crippen molar-refractivity contribution in [2.45, 2.75) is 19.6 Å². The van der Waals surface area contributed by atoms with Gasteiger partial charge in [-0.25, -0.2) is 13.4 Å². The molecule has 12 heteroatoms. The zero-order chi connectivity index (χ0) is 28.9. The van der Waals surface area contributed by atoms with Crippen LogP contribution in [0.5, 0.6) is 11.6 Å². The quantitative estimate of drug-likeness (QED) is 0.327. The topological polar surface area (TPSA) is 141 Å². The Hall–Kier alpha value is -4.29. The molecule has 210 valence electrons. The van der Waals surface area contributed by atoms with E-state index in [1.807, 2.05) is 30.3 Å². The lowest BCUT2D eigenvalue weighted by Gasteiger charge is -2.26. The monoisotopic (exact) mass is 567 g/mol. The van der Waals surface area contributed by atoms with E-state index in [0.29, 0.717) is 5.75 Å². The second kappa shape index (κ2) is 12.3. The lowest BCUT2D eigenvalue weighted by atomic mass is 10.1. The molecule has 0 radical (unpaired) electrons. The third-order valence-corrected chi connectivity index (χ3v) is 6.95. The standard InChI is InChI=1S/C28H29N3O8S/c1-4-39-26-23(37-2)14-13-20(30-26)22(17-40(3,35)36)31-27(33)19-11-8-12-21(25(19)28(31)34)29-24(32)16-38-15-18-9-6-5-7-10-18/h5-14,22H,4,15-17H2,1-3H3,(H,29,32)/t22-/m1/s1. The van der Waals surface area contributed by atoms with Crippen LogP contribution in [0.1, 0.15) is 44.9 Å². The van der Waals surface area contributed by atoms with Crippen LogP contribution in [-0.4, -0.2) is 68.4 Å². The van der Waals surface area contributed by atoms with E-state index in [4.69, 9.17) is 14.2 Å². The first-order valence-corrected chi connectivity index (χ1v) is 14.5. The highest BCUT2D eigenvalue weighted by molar-refractivity contribution is 7.90. The number of hydrogen-bond donors (Lipinski definition) is 1. The number of nitrogens with zero attached hydrogens (tertiary/aromatic N) is 2. The van der Waals surface area contributed by atoms with Gasteiger partial charge in [0.05, 0.1) is 54.6 Å². The number of ether oxygens (including phenoxy) is 3. The van der Waals surface area contributed by atoms with Crippen LogP contribution in [0.4, 0.5) is 5.69 Å². The number of carbonyl (C=O) groups excluding carboxylic acids is 3. The maximum atomic E-state index is 13.7. The predicted octanol–water partition coefficient (Wildman–Crippen LogP) is 3.03. The normalized spacial score (nSPS) is 13.6. The first-order valence-electron chi connectivity index (χ1n) is 12.4. The number of benzene rings is 2. The van der Waals surface area contributed by atoms with E-state index in [1.54, 1.807) is 6.92 Å². The molecular formula is C28H29N3O8S. The Kier molecular flexibility index (Phi) is 8.80. The molecule has 3 aromatic rings. The lowest BCUT2D eigenvalue weighted by molar-refractivity contribution is -0.121. The van der Waals surface area contributed by atoms with Crippen molar-refractivity contribution >= 4 is 33.2 Å². The molecule has 1 N–H and O–H groups in total. The highest BCUT2D eigenvalue weighted by Crippen LogP contribution is 2.37. The summed E-state index contributed by atoms with van der Waals surface area (Å²) in [6.45, 7) is 1.94. The number of fused-ring (bicyclic) bond motifs is 1. The molecule has 3 amide bonds. The van der Waals surface area contributed by atoms with Gasteiger partial charge in [0.2, 0.25) is 5.91 Å². The number of rotatable bonds is 12. The van der Waals surface area contributed by atoms with Crippen LogP contribution in [-0.2, 0) is 26.0 Å². The number of anilines is 1. The van der Waals surface area contributed by atoms with Gasteiger partial charge in [0, 0.05) is 6.26 Å². The number of nitrogens with one attached hydrogen (secondary N) is 1. The summed E-state index contributed by atoms with van der Waals surface area (Å²) in [6.07, 6.45) is 1.01. The largest absolute Gasteiger partial charge is 0.491 e. The van der Waals surface area contributed by atoms with Gasteiger partial charge >= 0.3 is 0 Å². The molecule has 0 spiro atoms. The molecule has 0 saturated heterocycles. The molecule has 4 rings (SSSR count). The summed E-state index contributed by atoms with van der Waals surface area (Å²) in [4.78, 5) is 45.0. The van der Waals surface area contributed by atoms with E-state index in [-0.39, 0.29) is 48.2 Å². The van der Waals surface area contributed by atoms with Crippen LogP contribution in [0.25, 0.3) is 0 Å². The van der Waals surface area contributed by atoms with E-state index >= 15 is 0 Å². The summed E-state index contributed by atoms with van der Waals surface area (Å²) in [5.41, 5.74) is 1.13. The van der Waals surface area contributed by atoms with Crippen LogP contribution >= 0.6 is 0 Å². The third-order valence-electron chi connectivity index (χ3n) is 6.03. The minimum absolute atomic E-state index is 0.0325. The van der Waals surface area contributed by atoms with Gasteiger partial charge in [-0.1, -0.05) is 36.4 Å². The molecule has 2 aromatic carbocycles. The SMILES string of the molecule is CCOc1nc([C@@H](CS(C)(=O)=O)N2C(=O)c3cccc(NC(=O)COCc4ccccc4)c3C2=O)ccc1OC. The number of aromatic nitrogens is 1. The van der Waals surface area contributed by atoms with Crippen molar-refractivity contribution in [2.75, 3.05) is 37.6 Å². The summed E-state index contributed by atoms with van der Waals surface area (Å²) in [5.74, 6) is -2.15. The van der Waals surface area contributed by atoms with Gasteiger partial charge in [-0.3, -0.25) is 19.3 Å². The zero-order valence-electron chi connectivity index (χ0n) is 22.2. The maximum absolute atomic E-state index is 13.7. The van der Waals surface area contributed by atoms with E-state index in [9.17, 15) is 22.8 Å². The van der Waals surface area contributed by atoms with Crippen molar-refractivity contribution in [1.29, 1.82) is 0 Å². The Bertz CT molecular complexity index is 1530. The van der Waals surface area contributed by atoms with E-state index in [2.05, 4.69) is 10.3 Å². The number of pyridine rings is 1. The third kappa shape index (κ3) is 6.46. The molecule has 2 heterocycles. The van der Waals surface area contributed by atoms with Crippen LogP contribution in [0.15, 0.2) is 60.7 Å². The molecule has 0 bridgehead atoms. The van der Waals surface area contributed by atoms with Gasteiger partial charge in [0.15, 0.2) is 5.75 Å². The van der Waals surface area contributed by atoms with Gasteiger partial charge in [-0.2, -0.15) is 0 Å². The second-order valence-electron chi connectivity index (χ2n) is 9.02. The maximum Gasteiger partial charge on any atom is 0.264 e. The van der Waals surface area contributed by atoms with Gasteiger partial charge in [-0.15, -0.1) is 0 Å². The van der Waals surface area contributed by atoms with Crippen molar-refractivity contribution in [3.63, 3.8) is 0 Å². The summed E-state index contributed by atoms with van der Waals surface area (Å²) in [6, 6.07) is 15.5. The number of sulfone groups is 1. The molecule has 40 heavy (non-hydrogen) atoms. The molecule has 1 aromatic heterocycles. The number of amides is 3.